The van der Waals surface area contributed by atoms with Gasteiger partial charge in [-0.05, 0) is 18.4 Å². The number of nitrogens with one attached hydrogen (secondary N) is 1. The van der Waals surface area contributed by atoms with Crippen LogP contribution in [-0.4, -0.2) is 48.5 Å². The third-order valence-electron chi connectivity index (χ3n) is 5.02. The SMILES string of the molecule is CCCCCN(CCC(=O)NO)S(=O)(=O)CCc1ccc(C(=O)c2ccccc2)cc1. The van der Waals surface area contributed by atoms with E-state index < -0.39 is 15.9 Å². The summed E-state index contributed by atoms with van der Waals surface area (Å²) in [7, 11) is -3.57. The Hall–Kier alpha value is -2.55. The zero-order valence-electron chi connectivity index (χ0n) is 17.8. The molecule has 2 aromatic rings. The molecular weight excluding hydrogens is 416 g/mol. The number of hydrogen-bond donors (Lipinski definition) is 2. The van der Waals surface area contributed by atoms with Crippen molar-refractivity contribution in [2.45, 2.75) is 39.0 Å². The lowest BCUT2D eigenvalue weighted by Crippen LogP contribution is -2.37. The lowest BCUT2D eigenvalue weighted by atomic mass is 10.0. The second-order valence-corrected chi connectivity index (χ2v) is 9.44. The molecule has 31 heavy (non-hydrogen) atoms. The number of ketones is 1. The second-order valence-electron chi connectivity index (χ2n) is 7.35. The van der Waals surface area contributed by atoms with Gasteiger partial charge in [0.1, 0.15) is 0 Å². The third-order valence-corrected chi connectivity index (χ3v) is 6.89. The fourth-order valence-corrected chi connectivity index (χ4v) is 4.69. The molecule has 0 atom stereocenters. The number of unbranched alkanes of at least 4 members (excludes halogenated alkanes) is 2. The molecule has 0 saturated heterocycles. The Kier molecular flexibility index (Phi) is 9.84. The minimum atomic E-state index is -3.57. The zero-order valence-corrected chi connectivity index (χ0v) is 18.6. The van der Waals surface area contributed by atoms with Gasteiger partial charge in [-0.1, -0.05) is 74.4 Å². The number of hydroxylamine groups is 1. The molecule has 0 aliphatic carbocycles. The Morgan fingerprint density at radius 1 is 0.935 bits per heavy atom. The maximum atomic E-state index is 12.8. The van der Waals surface area contributed by atoms with E-state index in [2.05, 4.69) is 0 Å². The molecule has 0 fully saturated rings. The van der Waals surface area contributed by atoms with E-state index in [1.165, 1.54) is 9.79 Å². The smallest absolute Gasteiger partial charge is 0.244 e. The maximum absolute atomic E-state index is 12.8. The fraction of sp³-hybridized carbons (Fsp3) is 0.391. The van der Waals surface area contributed by atoms with Crippen molar-refractivity contribution in [3.8, 4) is 0 Å². The van der Waals surface area contributed by atoms with E-state index in [1.807, 2.05) is 25.1 Å². The molecule has 0 aliphatic heterocycles. The van der Waals surface area contributed by atoms with E-state index in [0.717, 1.165) is 18.4 Å². The second kappa shape index (κ2) is 12.3. The van der Waals surface area contributed by atoms with Crippen LogP contribution in [0.3, 0.4) is 0 Å². The van der Waals surface area contributed by atoms with Gasteiger partial charge in [0.15, 0.2) is 5.78 Å². The summed E-state index contributed by atoms with van der Waals surface area (Å²) in [4.78, 5) is 23.8. The highest BCUT2D eigenvalue weighted by Gasteiger charge is 2.22. The Morgan fingerprint density at radius 2 is 1.58 bits per heavy atom. The maximum Gasteiger partial charge on any atom is 0.244 e. The largest absolute Gasteiger partial charge is 0.289 e. The molecular formula is C23H30N2O5S. The van der Waals surface area contributed by atoms with E-state index in [0.29, 0.717) is 30.5 Å². The van der Waals surface area contributed by atoms with Crippen molar-refractivity contribution in [1.29, 1.82) is 0 Å². The predicted octanol–water partition coefficient (Wildman–Crippen LogP) is 3.18. The standard InChI is InChI=1S/C23H30N2O5S/c1-2-3-7-16-25(17-14-22(26)24-28)31(29,30)18-15-19-10-12-21(13-11-19)23(27)20-8-5-4-6-9-20/h4-6,8-13,28H,2-3,7,14-18H2,1H3,(H,24,26). The van der Waals surface area contributed by atoms with E-state index in [4.69, 9.17) is 5.21 Å². The summed E-state index contributed by atoms with van der Waals surface area (Å²) >= 11 is 0. The molecule has 0 aromatic heterocycles. The summed E-state index contributed by atoms with van der Waals surface area (Å²) in [6, 6.07) is 15.9. The predicted molar refractivity (Wildman–Crippen MR) is 119 cm³/mol. The quantitative estimate of drug-likeness (QED) is 0.213. The van der Waals surface area contributed by atoms with Crippen LogP contribution >= 0.6 is 0 Å². The van der Waals surface area contributed by atoms with Gasteiger partial charge in [-0.2, -0.15) is 0 Å². The Balaban J connectivity index is 2.00. The van der Waals surface area contributed by atoms with Gasteiger partial charge in [-0.25, -0.2) is 18.2 Å². The van der Waals surface area contributed by atoms with Crippen LogP contribution in [-0.2, 0) is 21.2 Å². The average Bonchev–Trinajstić information content (AvgIpc) is 2.80. The number of carbonyl (C=O) groups excluding carboxylic acids is 2. The molecule has 0 unspecified atom stereocenters. The summed E-state index contributed by atoms with van der Waals surface area (Å²) < 4.78 is 27.0. The Bertz CT molecular complexity index is 944. The van der Waals surface area contributed by atoms with Crippen LogP contribution in [0.4, 0.5) is 0 Å². The highest BCUT2D eigenvalue weighted by molar-refractivity contribution is 7.89. The minimum Gasteiger partial charge on any atom is -0.289 e. The van der Waals surface area contributed by atoms with Crippen LogP contribution in [0.25, 0.3) is 0 Å². The van der Waals surface area contributed by atoms with Crippen molar-refractivity contribution in [3.63, 3.8) is 0 Å². The van der Waals surface area contributed by atoms with Crippen LogP contribution in [0.1, 0.15) is 54.1 Å². The van der Waals surface area contributed by atoms with Crippen LogP contribution in [0, 0.1) is 0 Å². The van der Waals surface area contributed by atoms with Gasteiger partial charge in [-0.15, -0.1) is 0 Å². The molecule has 7 nitrogen and oxygen atoms in total. The zero-order chi connectivity index (χ0) is 22.7. The summed E-state index contributed by atoms with van der Waals surface area (Å²) in [5, 5.41) is 8.66. The summed E-state index contributed by atoms with van der Waals surface area (Å²) in [5.41, 5.74) is 3.50. The molecule has 0 bridgehead atoms. The van der Waals surface area contributed by atoms with Crippen molar-refractivity contribution in [3.05, 3.63) is 71.3 Å². The van der Waals surface area contributed by atoms with Gasteiger partial charge in [-0.3, -0.25) is 14.8 Å². The summed E-state index contributed by atoms with van der Waals surface area (Å²) in [5.74, 6) is -0.787. The number of nitrogens with zero attached hydrogens (tertiary/aromatic N) is 1. The summed E-state index contributed by atoms with van der Waals surface area (Å²) in [6.07, 6.45) is 2.78. The number of sulfonamides is 1. The number of hydrogen-bond acceptors (Lipinski definition) is 5. The molecule has 0 spiro atoms. The first-order valence-electron chi connectivity index (χ1n) is 10.5. The van der Waals surface area contributed by atoms with Crippen LogP contribution in [0.2, 0.25) is 0 Å². The van der Waals surface area contributed by atoms with E-state index >= 15 is 0 Å². The number of rotatable bonds is 13. The van der Waals surface area contributed by atoms with Crippen molar-refractivity contribution >= 4 is 21.7 Å². The van der Waals surface area contributed by atoms with Crippen molar-refractivity contribution in [2.24, 2.45) is 0 Å². The van der Waals surface area contributed by atoms with Crippen molar-refractivity contribution < 1.29 is 23.2 Å². The molecule has 0 aliphatic rings. The van der Waals surface area contributed by atoms with Crippen molar-refractivity contribution in [1.82, 2.24) is 9.79 Å². The topological polar surface area (TPSA) is 104 Å². The van der Waals surface area contributed by atoms with Gasteiger partial charge in [0.2, 0.25) is 15.9 Å². The lowest BCUT2D eigenvalue weighted by Gasteiger charge is -2.22. The van der Waals surface area contributed by atoms with Gasteiger partial charge < -0.3 is 0 Å². The highest BCUT2D eigenvalue weighted by Crippen LogP contribution is 2.14. The van der Waals surface area contributed by atoms with Gasteiger partial charge in [0.25, 0.3) is 0 Å². The van der Waals surface area contributed by atoms with Crippen LogP contribution in [0.15, 0.2) is 54.6 Å². The molecule has 8 heteroatoms. The molecule has 0 heterocycles. The van der Waals surface area contributed by atoms with Gasteiger partial charge >= 0.3 is 0 Å². The first-order chi connectivity index (χ1) is 14.9. The molecule has 2 aromatic carbocycles. The first kappa shape index (κ1) is 24.7. The summed E-state index contributed by atoms with van der Waals surface area (Å²) in [6.45, 7) is 2.41. The molecule has 0 radical (unpaired) electrons. The molecule has 2 rings (SSSR count). The van der Waals surface area contributed by atoms with E-state index in [1.54, 1.807) is 36.4 Å². The molecule has 2 N–H and O–H groups in total. The number of benzene rings is 2. The number of amides is 1. The number of aryl methyl sites for hydroxylation is 1. The van der Waals surface area contributed by atoms with Gasteiger partial charge in [0.05, 0.1) is 5.75 Å². The van der Waals surface area contributed by atoms with E-state index in [9.17, 15) is 18.0 Å². The van der Waals surface area contributed by atoms with E-state index in [-0.39, 0.29) is 24.5 Å². The van der Waals surface area contributed by atoms with Crippen molar-refractivity contribution in [2.75, 3.05) is 18.8 Å². The normalized spacial score (nSPS) is 11.5. The Labute approximate surface area is 184 Å². The Morgan fingerprint density at radius 3 is 2.19 bits per heavy atom. The lowest BCUT2D eigenvalue weighted by molar-refractivity contribution is -0.129. The van der Waals surface area contributed by atoms with Crippen LogP contribution < -0.4 is 5.48 Å². The average molecular weight is 447 g/mol. The fourth-order valence-electron chi connectivity index (χ4n) is 3.17. The molecule has 168 valence electrons. The monoisotopic (exact) mass is 446 g/mol. The molecule has 1 amide bonds. The van der Waals surface area contributed by atoms with Gasteiger partial charge in [0, 0.05) is 30.6 Å². The minimum absolute atomic E-state index is 0.0307. The molecule has 0 saturated carbocycles. The highest BCUT2D eigenvalue weighted by atomic mass is 32.2. The number of carbonyl (C=O) groups is 2. The first-order valence-corrected chi connectivity index (χ1v) is 12.1. The van der Waals surface area contributed by atoms with Crippen LogP contribution in [0.5, 0.6) is 0 Å². The third kappa shape index (κ3) is 7.90.